The largest absolute Gasteiger partial charge is 0.376 e. The van der Waals surface area contributed by atoms with E-state index in [4.69, 9.17) is 6.42 Å². The molecule has 1 rings (SSSR count). The van der Waals surface area contributed by atoms with E-state index in [-0.39, 0.29) is 0 Å². The van der Waals surface area contributed by atoms with Crippen LogP contribution in [0.25, 0.3) is 0 Å². The number of hydrazine groups is 1. The lowest BCUT2D eigenvalue weighted by atomic mass is 9.95. The van der Waals surface area contributed by atoms with Gasteiger partial charge in [0.15, 0.2) is 0 Å². The van der Waals surface area contributed by atoms with E-state index in [9.17, 15) is 5.11 Å². The Morgan fingerprint density at radius 1 is 1.73 bits per heavy atom. The van der Waals surface area contributed by atoms with Gasteiger partial charge in [-0.2, -0.15) is 0 Å². The summed E-state index contributed by atoms with van der Waals surface area (Å²) in [6.45, 7) is 1.49. The molecule has 3 heteroatoms. The van der Waals surface area contributed by atoms with E-state index >= 15 is 0 Å². The molecule has 0 spiro atoms. The molecular weight excluding hydrogens is 140 g/mol. The Morgan fingerprint density at radius 2 is 2.45 bits per heavy atom. The van der Waals surface area contributed by atoms with Gasteiger partial charge in [0.1, 0.15) is 5.60 Å². The fraction of sp³-hybridized carbons (Fsp3) is 0.750. The monoisotopic (exact) mass is 154 g/mol. The molecule has 0 aromatic heterocycles. The van der Waals surface area contributed by atoms with Gasteiger partial charge in [-0.25, -0.2) is 5.01 Å². The number of nitrogens with one attached hydrogen (secondary N) is 1. The second-order valence-corrected chi connectivity index (χ2v) is 2.92. The van der Waals surface area contributed by atoms with E-state index in [0.717, 1.165) is 13.0 Å². The Morgan fingerprint density at radius 3 is 3.00 bits per heavy atom. The second kappa shape index (κ2) is 3.22. The lowest BCUT2D eigenvalue weighted by Gasteiger charge is -2.35. The number of rotatable bonds is 1. The number of β-amino-alcohol motifs (C(OH)–C–C–N with tert-alkyl or cyclic N) is 1. The Labute approximate surface area is 67.4 Å². The van der Waals surface area contributed by atoms with Crippen molar-refractivity contribution in [1.82, 2.24) is 10.4 Å². The van der Waals surface area contributed by atoms with Gasteiger partial charge in [-0.15, -0.1) is 6.42 Å². The number of hydrogen-bond acceptors (Lipinski definition) is 3. The molecule has 11 heavy (non-hydrogen) atoms. The molecule has 1 heterocycles. The third-order valence-corrected chi connectivity index (χ3v) is 2.06. The van der Waals surface area contributed by atoms with E-state index in [2.05, 4.69) is 11.3 Å². The Kier molecular flexibility index (Phi) is 2.50. The molecule has 1 saturated heterocycles. The van der Waals surface area contributed by atoms with Crippen molar-refractivity contribution in [3.63, 3.8) is 0 Å². The van der Waals surface area contributed by atoms with Crippen LogP contribution in [0.1, 0.15) is 12.8 Å². The Bertz CT molecular complexity index is 175. The molecule has 1 atom stereocenters. The van der Waals surface area contributed by atoms with Crippen LogP contribution in [-0.4, -0.2) is 35.9 Å². The second-order valence-electron chi connectivity index (χ2n) is 2.92. The summed E-state index contributed by atoms with van der Waals surface area (Å²) in [6, 6.07) is 0. The van der Waals surface area contributed by atoms with Gasteiger partial charge < -0.3 is 5.11 Å². The average Bonchev–Trinajstić information content (AvgIpc) is 2.05. The van der Waals surface area contributed by atoms with E-state index in [1.54, 1.807) is 0 Å². The molecule has 62 valence electrons. The van der Waals surface area contributed by atoms with Crippen LogP contribution in [0.4, 0.5) is 0 Å². The summed E-state index contributed by atoms with van der Waals surface area (Å²) in [5.41, 5.74) is 2.06. The zero-order valence-electron chi connectivity index (χ0n) is 6.80. The van der Waals surface area contributed by atoms with Gasteiger partial charge in [0.05, 0.1) is 6.54 Å². The molecule has 0 amide bonds. The van der Waals surface area contributed by atoms with E-state index in [0.29, 0.717) is 13.0 Å². The first-order valence-corrected chi connectivity index (χ1v) is 3.83. The number of nitrogens with zero attached hydrogens (tertiary/aromatic N) is 1. The molecule has 0 aliphatic carbocycles. The summed E-state index contributed by atoms with van der Waals surface area (Å²) in [6.07, 6.45) is 6.86. The normalized spacial score (nSPS) is 33.2. The minimum atomic E-state index is -0.915. The topological polar surface area (TPSA) is 35.5 Å². The van der Waals surface area contributed by atoms with Gasteiger partial charge in [-0.05, 0) is 19.9 Å². The maximum atomic E-state index is 9.66. The van der Waals surface area contributed by atoms with E-state index in [1.165, 1.54) is 0 Å². The van der Waals surface area contributed by atoms with Crippen LogP contribution < -0.4 is 5.43 Å². The Hall–Kier alpha value is -0.560. The Balaban J connectivity index is 2.53. The lowest BCUT2D eigenvalue weighted by Crippen LogP contribution is -2.51. The van der Waals surface area contributed by atoms with Crippen LogP contribution in [0.5, 0.6) is 0 Å². The highest BCUT2D eigenvalue weighted by Gasteiger charge is 2.30. The summed E-state index contributed by atoms with van der Waals surface area (Å²) in [5, 5.41) is 11.6. The summed E-state index contributed by atoms with van der Waals surface area (Å²) in [4.78, 5) is 0. The summed E-state index contributed by atoms with van der Waals surface area (Å²) in [5.74, 6) is 2.42. The summed E-state index contributed by atoms with van der Waals surface area (Å²) < 4.78 is 0. The minimum Gasteiger partial charge on any atom is -0.376 e. The number of terminal acetylenes is 1. The van der Waals surface area contributed by atoms with Gasteiger partial charge in [-0.1, -0.05) is 5.92 Å². The van der Waals surface area contributed by atoms with Gasteiger partial charge in [0.25, 0.3) is 0 Å². The minimum absolute atomic E-state index is 0.528. The smallest absolute Gasteiger partial charge is 0.139 e. The van der Waals surface area contributed by atoms with Gasteiger partial charge in [0, 0.05) is 6.54 Å². The highest BCUT2D eigenvalue weighted by Crippen LogP contribution is 2.18. The highest BCUT2D eigenvalue weighted by molar-refractivity contribution is 5.09. The van der Waals surface area contributed by atoms with Crippen molar-refractivity contribution < 1.29 is 5.11 Å². The molecule has 0 radical (unpaired) electrons. The summed E-state index contributed by atoms with van der Waals surface area (Å²) in [7, 11) is 1.84. The molecule has 0 bridgehead atoms. The maximum Gasteiger partial charge on any atom is 0.139 e. The first-order valence-electron chi connectivity index (χ1n) is 3.83. The van der Waals surface area contributed by atoms with Crippen LogP contribution in [0.15, 0.2) is 0 Å². The number of aliphatic hydroxyl groups is 1. The van der Waals surface area contributed by atoms with Crippen molar-refractivity contribution in [3.05, 3.63) is 0 Å². The maximum absolute atomic E-state index is 9.66. The first-order chi connectivity index (χ1) is 5.20. The van der Waals surface area contributed by atoms with Crippen LogP contribution in [-0.2, 0) is 0 Å². The highest BCUT2D eigenvalue weighted by atomic mass is 16.3. The van der Waals surface area contributed by atoms with Crippen molar-refractivity contribution in [1.29, 1.82) is 0 Å². The predicted octanol–water partition coefficient (Wildman–Crippen LogP) is -0.419. The van der Waals surface area contributed by atoms with E-state index < -0.39 is 5.60 Å². The first kappa shape index (κ1) is 8.54. The molecule has 1 fully saturated rings. The van der Waals surface area contributed by atoms with Gasteiger partial charge in [0.2, 0.25) is 0 Å². The molecule has 0 aromatic carbocycles. The molecule has 1 unspecified atom stereocenters. The number of hydrogen-bond donors (Lipinski definition) is 2. The van der Waals surface area contributed by atoms with Crippen molar-refractivity contribution in [3.8, 4) is 12.3 Å². The van der Waals surface area contributed by atoms with Gasteiger partial charge >= 0.3 is 0 Å². The van der Waals surface area contributed by atoms with Crippen LogP contribution in [0.3, 0.4) is 0 Å². The quantitative estimate of drug-likeness (QED) is 0.504. The third kappa shape index (κ3) is 1.93. The van der Waals surface area contributed by atoms with Crippen molar-refractivity contribution in [2.75, 3.05) is 20.1 Å². The van der Waals surface area contributed by atoms with Crippen molar-refractivity contribution in [2.24, 2.45) is 0 Å². The fourth-order valence-electron chi connectivity index (χ4n) is 1.34. The number of piperidine rings is 1. The molecule has 0 saturated carbocycles. The molecule has 1 aliphatic heterocycles. The zero-order chi connectivity index (χ0) is 8.32. The standard InChI is InChI=1S/C8H14N2O/c1-3-8(11)5-4-6-10(7-8)9-2/h1,9,11H,4-7H2,2H3. The van der Waals surface area contributed by atoms with Crippen LogP contribution >= 0.6 is 0 Å². The van der Waals surface area contributed by atoms with Gasteiger partial charge in [-0.3, -0.25) is 5.43 Å². The third-order valence-electron chi connectivity index (χ3n) is 2.06. The van der Waals surface area contributed by atoms with Crippen LogP contribution in [0, 0.1) is 12.3 Å². The van der Waals surface area contributed by atoms with Crippen molar-refractivity contribution in [2.45, 2.75) is 18.4 Å². The predicted molar refractivity (Wildman–Crippen MR) is 43.6 cm³/mol. The van der Waals surface area contributed by atoms with Crippen molar-refractivity contribution >= 4 is 0 Å². The molecule has 2 N–H and O–H groups in total. The molecule has 3 nitrogen and oxygen atoms in total. The summed E-state index contributed by atoms with van der Waals surface area (Å²) >= 11 is 0. The SMILES string of the molecule is C#CC1(O)CCCN(NC)C1. The zero-order valence-corrected chi connectivity index (χ0v) is 6.80. The average molecular weight is 154 g/mol. The van der Waals surface area contributed by atoms with E-state index in [1.807, 2.05) is 12.1 Å². The molecular formula is C8H14N2O. The lowest BCUT2D eigenvalue weighted by molar-refractivity contribution is -0.00128. The fourth-order valence-corrected chi connectivity index (χ4v) is 1.34. The molecule has 1 aliphatic rings. The van der Waals surface area contributed by atoms with Crippen LogP contribution in [0.2, 0.25) is 0 Å². The molecule has 0 aromatic rings.